The Kier molecular flexibility index (Phi) is 5.92. The van der Waals surface area contributed by atoms with Crippen LogP contribution in [0.3, 0.4) is 0 Å². The van der Waals surface area contributed by atoms with Crippen LogP contribution in [0.15, 0.2) is 42.5 Å². The fourth-order valence-electron chi connectivity index (χ4n) is 4.41. The highest BCUT2D eigenvalue weighted by molar-refractivity contribution is 6.30. The lowest BCUT2D eigenvalue weighted by Gasteiger charge is -2.41. The summed E-state index contributed by atoms with van der Waals surface area (Å²) in [6, 6.07) is 11.3. The summed E-state index contributed by atoms with van der Waals surface area (Å²) >= 11 is 5.98. The molecule has 30 heavy (non-hydrogen) atoms. The number of hydrogen-bond donors (Lipinski definition) is 1. The average Bonchev–Trinajstić information content (AvgIpc) is 2.98. The summed E-state index contributed by atoms with van der Waals surface area (Å²) in [5.41, 5.74) is 6.62. The number of fused-ring (bicyclic) bond motifs is 2. The molecule has 2 atom stereocenters. The van der Waals surface area contributed by atoms with Crippen molar-refractivity contribution in [2.24, 2.45) is 5.73 Å². The van der Waals surface area contributed by atoms with Gasteiger partial charge in [0.1, 0.15) is 11.6 Å². The van der Waals surface area contributed by atoms with E-state index >= 15 is 0 Å². The summed E-state index contributed by atoms with van der Waals surface area (Å²) in [5.74, 6) is -0.776. The third-order valence-electron chi connectivity index (χ3n) is 5.73. The van der Waals surface area contributed by atoms with Crippen LogP contribution in [0.25, 0.3) is 0 Å². The third kappa shape index (κ3) is 4.42. The number of hydrogen-bond acceptors (Lipinski definition) is 4. The van der Waals surface area contributed by atoms with Crippen LogP contribution in [0, 0.1) is 5.82 Å². The number of rotatable bonds is 6. The minimum absolute atomic E-state index is 0.112. The lowest BCUT2D eigenvalue weighted by atomic mass is 10.1. The van der Waals surface area contributed by atoms with Gasteiger partial charge >= 0.3 is 0 Å². The van der Waals surface area contributed by atoms with Crippen LogP contribution in [0.2, 0.25) is 5.02 Å². The van der Waals surface area contributed by atoms with Gasteiger partial charge in [-0.1, -0.05) is 23.7 Å². The van der Waals surface area contributed by atoms with Gasteiger partial charge in [-0.15, -0.1) is 0 Å². The maximum Gasteiger partial charge on any atom is 0.261 e. The van der Waals surface area contributed by atoms with E-state index in [0.29, 0.717) is 5.02 Å². The van der Waals surface area contributed by atoms with Gasteiger partial charge in [0.2, 0.25) is 0 Å². The fraction of sp³-hybridized carbons (Fsp3) is 0.364. The molecule has 2 aromatic carbocycles. The summed E-state index contributed by atoms with van der Waals surface area (Å²) in [7, 11) is 0. The Balaban J connectivity index is 1.38. The molecule has 2 amide bonds. The number of nitrogens with two attached hydrogens (primary N) is 1. The van der Waals surface area contributed by atoms with E-state index in [9.17, 15) is 14.0 Å². The first-order valence-electron chi connectivity index (χ1n) is 9.91. The van der Waals surface area contributed by atoms with Crippen molar-refractivity contribution in [1.29, 1.82) is 0 Å². The van der Waals surface area contributed by atoms with Crippen LogP contribution in [-0.2, 0) is 11.3 Å². The molecule has 2 unspecified atom stereocenters. The van der Waals surface area contributed by atoms with Crippen molar-refractivity contribution in [1.82, 2.24) is 9.80 Å². The molecule has 0 aromatic heterocycles. The average molecular weight is 432 g/mol. The van der Waals surface area contributed by atoms with Gasteiger partial charge < -0.3 is 15.4 Å². The number of halogens is 2. The number of ether oxygens (including phenoxy) is 1. The molecule has 8 heteroatoms. The number of likely N-dealkylation sites (tertiary alicyclic amines) is 1. The summed E-state index contributed by atoms with van der Waals surface area (Å²) in [5, 5.41) is 0.400. The van der Waals surface area contributed by atoms with Crippen molar-refractivity contribution < 1.29 is 18.7 Å². The van der Waals surface area contributed by atoms with Crippen molar-refractivity contribution in [2.75, 3.05) is 19.7 Å². The van der Waals surface area contributed by atoms with Gasteiger partial charge in [-0.2, -0.15) is 0 Å². The van der Waals surface area contributed by atoms with Crippen LogP contribution in [0.4, 0.5) is 4.39 Å². The first kappa shape index (κ1) is 20.6. The molecule has 6 nitrogen and oxygen atoms in total. The van der Waals surface area contributed by atoms with Crippen LogP contribution in [0.5, 0.6) is 5.75 Å². The van der Waals surface area contributed by atoms with Crippen LogP contribution in [0.1, 0.15) is 28.8 Å². The Morgan fingerprint density at radius 3 is 2.40 bits per heavy atom. The zero-order valence-electron chi connectivity index (χ0n) is 16.4. The van der Waals surface area contributed by atoms with Gasteiger partial charge in [0, 0.05) is 36.7 Å². The molecule has 0 radical (unpaired) electrons. The van der Waals surface area contributed by atoms with E-state index in [0.717, 1.165) is 38.0 Å². The Morgan fingerprint density at radius 2 is 1.77 bits per heavy atom. The second-order valence-corrected chi connectivity index (χ2v) is 8.24. The van der Waals surface area contributed by atoms with Gasteiger partial charge in [-0.25, -0.2) is 4.39 Å². The second-order valence-electron chi connectivity index (χ2n) is 7.80. The molecule has 2 heterocycles. The van der Waals surface area contributed by atoms with E-state index < -0.39 is 5.91 Å². The minimum Gasteiger partial charge on any atom is -0.483 e. The molecule has 2 aromatic rings. The number of carbonyl (C=O) groups excluding carboxylic acids is 2. The Hall–Kier alpha value is -2.64. The lowest BCUT2D eigenvalue weighted by molar-refractivity contribution is -0.139. The largest absolute Gasteiger partial charge is 0.483 e. The van der Waals surface area contributed by atoms with Crippen molar-refractivity contribution >= 4 is 23.4 Å². The van der Waals surface area contributed by atoms with Crippen molar-refractivity contribution in [3.05, 3.63) is 64.4 Å². The summed E-state index contributed by atoms with van der Waals surface area (Å²) < 4.78 is 18.8. The highest BCUT2D eigenvalue weighted by Crippen LogP contribution is 2.31. The van der Waals surface area contributed by atoms with E-state index in [1.54, 1.807) is 18.2 Å². The zero-order valence-corrected chi connectivity index (χ0v) is 17.1. The molecule has 0 aliphatic carbocycles. The molecule has 0 saturated carbocycles. The van der Waals surface area contributed by atoms with E-state index in [1.807, 2.05) is 4.90 Å². The highest BCUT2D eigenvalue weighted by Gasteiger charge is 2.42. The van der Waals surface area contributed by atoms with Crippen molar-refractivity contribution in [2.45, 2.75) is 31.5 Å². The molecule has 2 bridgehead atoms. The molecule has 2 aliphatic heterocycles. The standard InChI is InChI=1S/C22H23ClFN3O3/c23-15-3-8-19(22(25)29)20(9-15)30-13-21(28)27-17-6-7-18(27)12-26(11-17)10-14-1-4-16(24)5-2-14/h1-5,8-9,17-18H,6-7,10-13H2,(H2,25,29). The second kappa shape index (κ2) is 8.62. The Bertz CT molecular complexity index is 939. The topological polar surface area (TPSA) is 75.9 Å². The third-order valence-corrected chi connectivity index (χ3v) is 5.96. The summed E-state index contributed by atoms with van der Waals surface area (Å²) in [6.07, 6.45) is 1.89. The molecular formula is C22H23ClFN3O3. The number of nitrogens with zero attached hydrogens (tertiary/aromatic N) is 2. The molecule has 2 aliphatic rings. The normalized spacial score (nSPS) is 20.9. The zero-order chi connectivity index (χ0) is 21.3. The van der Waals surface area contributed by atoms with Crippen molar-refractivity contribution in [3.63, 3.8) is 0 Å². The predicted octanol–water partition coefficient (Wildman–Crippen LogP) is 2.83. The summed E-state index contributed by atoms with van der Waals surface area (Å²) in [6.45, 7) is 2.09. The molecule has 2 N–H and O–H groups in total. The number of amides is 2. The predicted molar refractivity (Wildman–Crippen MR) is 111 cm³/mol. The SMILES string of the molecule is NC(=O)c1ccc(Cl)cc1OCC(=O)N1C2CCC1CN(Cc1ccc(F)cc1)C2. The molecule has 4 rings (SSSR count). The highest BCUT2D eigenvalue weighted by atomic mass is 35.5. The maximum atomic E-state index is 13.1. The molecule has 158 valence electrons. The summed E-state index contributed by atoms with van der Waals surface area (Å²) in [4.78, 5) is 28.7. The number of piperazine rings is 1. The van der Waals surface area contributed by atoms with Crippen LogP contribution in [-0.4, -0.2) is 53.4 Å². The monoisotopic (exact) mass is 431 g/mol. The van der Waals surface area contributed by atoms with Gasteiger partial charge in [-0.05, 0) is 48.7 Å². The van der Waals surface area contributed by atoms with Gasteiger partial charge in [0.15, 0.2) is 6.61 Å². The number of benzene rings is 2. The molecule has 0 spiro atoms. The number of carbonyl (C=O) groups is 2. The van der Waals surface area contributed by atoms with E-state index in [4.69, 9.17) is 22.1 Å². The van der Waals surface area contributed by atoms with Gasteiger partial charge in [0.25, 0.3) is 11.8 Å². The van der Waals surface area contributed by atoms with E-state index in [2.05, 4.69) is 4.90 Å². The molecule has 2 saturated heterocycles. The fourth-order valence-corrected chi connectivity index (χ4v) is 4.57. The smallest absolute Gasteiger partial charge is 0.261 e. The molecular weight excluding hydrogens is 409 g/mol. The maximum absolute atomic E-state index is 13.1. The van der Waals surface area contributed by atoms with Crippen molar-refractivity contribution in [3.8, 4) is 5.75 Å². The first-order chi connectivity index (χ1) is 14.4. The van der Waals surface area contributed by atoms with Gasteiger partial charge in [-0.3, -0.25) is 14.5 Å². The Morgan fingerprint density at radius 1 is 1.10 bits per heavy atom. The molecule has 2 fully saturated rings. The quantitative estimate of drug-likeness (QED) is 0.763. The van der Waals surface area contributed by atoms with Crippen LogP contribution >= 0.6 is 11.6 Å². The lowest BCUT2D eigenvalue weighted by Crippen LogP contribution is -2.56. The number of primary amides is 1. The Labute approximate surface area is 179 Å². The van der Waals surface area contributed by atoms with E-state index in [1.165, 1.54) is 24.3 Å². The van der Waals surface area contributed by atoms with Gasteiger partial charge in [0.05, 0.1) is 5.56 Å². The first-order valence-corrected chi connectivity index (χ1v) is 10.3. The minimum atomic E-state index is -0.636. The van der Waals surface area contributed by atoms with E-state index in [-0.39, 0.29) is 41.7 Å². The van der Waals surface area contributed by atoms with Crippen LogP contribution < -0.4 is 10.5 Å².